The maximum atomic E-state index is 13.1. The lowest BCUT2D eigenvalue weighted by molar-refractivity contribution is 0.0786. The number of para-hydroxylation sites is 1. The largest absolute Gasteiger partial charge is 0.486 e. The van der Waals surface area contributed by atoms with Crippen LogP contribution in [0.4, 0.5) is 5.69 Å². The number of rotatable bonds is 6. The second-order valence-electron chi connectivity index (χ2n) is 7.24. The highest BCUT2D eigenvalue weighted by atomic mass is 35.5. The minimum atomic E-state index is -3.89. The first-order valence-corrected chi connectivity index (χ1v) is 11.7. The van der Waals surface area contributed by atoms with E-state index in [1.54, 1.807) is 31.3 Å². The van der Waals surface area contributed by atoms with E-state index in [0.29, 0.717) is 36.3 Å². The van der Waals surface area contributed by atoms with Crippen LogP contribution in [0.5, 0.6) is 11.5 Å². The molecule has 3 aromatic carbocycles. The van der Waals surface area contributed by atoms with Crippen LogP contribution in [0.25, 0.3) is 0 Å². The molecule has 0 saturated carbocycles. The summed E-state index contributed by atoms with van der Waals surface area (Å²) in [5.74, 6) is 0.996. The van der Waals surface area contributed by atoms with Crippen LogP contribution in [-0.4, -0.2) is 39.5 Å². The van der Waals surface area contributed by atoms with Crippen molar-refractivity contribution in [3.8, 4) is 11.5 Å². The fourth-order valence-corrected chi connectivity index (χ4v) is 4.52. The number of anilines is 1. The van der Waals surface area contributed by atoms with Gasteiger partial charge in [0.25, 0.3) is 15.9 Å². The van der Waals surface area contributed by atoms with E-state index in [0.717, 1.165) is 5.56 Å². The van der Waals surface area contributed by atoms with Gasteiger partial charge in [-0.05, 0) is 54.1 Å². The molecule has 3 aromatic rings. The molecule has 166 valence electrons. The number of amides is 1. The van der Waals surface area contributed by atoms with Gasteiger partial charge in [-0.15, -0.1) is 0 Å². The average molecular weight is 473 g/mol. The van der Waals surface area contributed by atoms with Crippen molar-refractivity contribution in [1.82, 2.24) is 4.90 Å². The predicted molar refractivity (Wildman–Crippen MR) is 122 cm³/mol. The number of ether oxygens (including phenoxy) is 2. The number of nitrogens with one attached hydrogen (secondary N) is 1. The van der Waals surface area contributed by atoms with E-state index in [2.05, 4.69) is 4.72 Å². The summed E-state index contributed by atoms with van der Waals surface area (Å²) in [5, 5.41) is 0.431. The van der Waals surface area contributed by atoms with Crippen molar-refractivity contribution >= 4 is 33.2 Å². The predicted octanol–water partition coefficient (Wildman–Crippen LogP) is 4.18. The molecule has 0 fully saturated rings. The third kappa shape index (κ3) is 4.81. The number of carbonyl (C=O) groups excluding carboxylic acids is 1. The molecule has 0 spiro atoms. The molecule has 1 heterocycles. The molecule has 1 N–H and O–H groups in total. The van der Waals surface area contributed by atoms with Gasteiger partial charge in [-0.2, -0.15) is 0 Å². The van der Waals surface area contributed by atoms with Gasteiger partial charge < -0.3 is 14.4 Å². The first-order valence-electron chi connectivity index (χ1n) is 9.85. The molecule has 0 atom stereocenters. The highest BCUT2D eigenvalue weighted by Gasteiger charge is 2.21. The Bertz CT molecular complexity index is 1250. The third-order valence-corrected chi connectivity index (χ3v) is 6.53. The van der Waals surface area contributed by atoms with Gasteiger partial charge in [0.05, 0.1) is 16.1 Å². The molecule has 1 aliphatic rings. The van der Waals surface area contributed by atoms with Crippen LogP contribution >= 0.6 is 11.6 Å². The fourth-order valence-electron chi connectivity index (χ4n) is 3.31. The van der Waals surface area contributed by atoms with Gasteiger partial charge in [0, 0.05) is 18.6 Å². The maximum Gasteiger partial charge on any atom is 0.261 e. The van der Waals surface area contributed by atoms with Gasteiger partial charge in [0.15, 0.2) is 11.5 Å². The van der Waals surface area contributed by atoms with Crippen molar-refractivity contribution < 1.29 is 22.7 Å². The summed E-state index contributed by atoms with van der Waals surface area (Å²) >= 11 is 5.85. The molecular weight excluding hydrogens is 452 g/mol. The van der Waals surface area contributed by atoms with E-state index in [9.17, 15) is 13.2 Å². The number of nitrogens with zero attached hydrogens (tertiary/aromatic N) is 1. The molecule has 7 nitrogen and oxygen atoms in total. The zero-order valence-electron chi connectivity index (χ0n) is 17.2. The molecule has 0 aromatic heterocycles. The Hall–Kier alpha value is -3.23. The fraction of sp³-hybridized carbons (Fsp3) is 0.174. The van der Waals surface area contributed by atoms with Crippen molar-refractivity contribution in [2.24, 2.45) is 0 Å². The number of sulfonamides is 1. The summed E-state index contributed by atoms with van der Waals surface area (Å²) in [5.41, 5.74) is 1.30. The third-order valence-electron chi connectivity index (χ3n) is 4.90. The van der Waals surface area contributed by atoms with Crippen LogP contribution in [0.15, 0.2) is 71.6 Å². The van der Waals surface area contributed by atoms with Crippen LogP contribution in [0.2, 0.25) is 5.02 Å². The Morgan fingerprint density at radius 3 is 2.44 bits per heavy atom. The molecule has 9 heteroatoms. The quantitative estimate of drug-likeness (QED) is 0.581. The van der Waals surface area contributed by atoms with Crippen molar-refractivity contribution in [1.29, 1.82) is 0 Å². The lowest BCUT2D eigenvalue weighted by Gasteiger charge is -2.22. The lowest BCUT2D eigenvalue weighted by Crippen LogP contribution is -2.27. The van der Waals surface area contributed by atoms with Gasteiger partial charge in [0.2, 0.25) is 0 Å². The van der Waals surface area contributed by atoms with Gasteiger partial charge in [-0.1, -0.05) is 29.8 Å². The molecule has 0 aliphatic carbocycles. The number of carbonyl (C=O) groups is 1. The number of fused-ring (bicyclic) bond motifs is 1. The standard InChI is InChI=1S/C23H21ClN2O5S/c1-26(15-16-6-11-21-22(14-16)31-13-12-30-21)23(27)19-4-2-3-5-20(19)25-32(28,29)18-9-7-17(24)8-10-18/h2-11,14,25H,12-13,15H2,1H3. The van der Waals surface area contributed by atoms with E-state index < -0.39 is 10.0 Å². The van der Waals surface area contributed by atoms with Gasteiger partial charge in [0.1, 0.15) is 13.2 Å². The Kier molecular flexibility index (Phi) is 6.25. The average Bonchev–Trinajstić information content (AvgIpc) is 2.79. The summed E-state index contributed by atoms with van der Waals surface area (Å²) < 4.78 is 39.2. The monoisotopic (exact) mass is 472 g/mol. The molecule has 0 saturated heterocycles. The molecule has 1 aliphatic heterocycles. The normalized spacial score (nSPS) is 12.8. The number of hydrogen-bond acceptors (Lipinski definition) is 5. The molecule has 1 amide bonds. The van der Waals surface area contributed by atoms with E-state index in [4.69, 9.17) is 21.1 Å². The van der Waals surface area contributed by atoms with Crippen LogP contribution < -0.4 is 14.2 Å². The Morgan fingerprint density at radius 2 is 1.69 bits per heavy atom. The summed E-state index contributed by atoms with van der Waals surface area (Å²) in [7, 11) is -2.23. The van der Waals surface area contributed by atoms with Crippen LogP contribution in [0.1, 0.15) is 15.9 Å². The highest BCUT2D eigenvalue weighted by molar-refractivity contribution is 7.92. The molecule has 0 radical (unpaired) electrons. The molecular formula is C23H21ClN2O5S. The number of benzene rings is 3. The minimum absolute atomic E-state index is 0.0498. The minimum Gasteiger partial charge on any atom is -0.486 e. The van der Waals surface area contributed by atoms with Crippen molar-refractivity contribution in [2.75, 3.05) is 25.0 Å². The summed E-state index contributed by atoms with van der Waals surface area (Å²) in [6, 6.07) is 17.8. The SMILES string of the molecule is CN(Cc1ccc2c(c1)OCCO2)C(=O)c1ccccc1NS(=O)(=O)c1ccc(Cl)cc1. The summed E-state index contributed by atoms with van der Waals surface area (Å²) in [4.78, 5) is 14.7. The zero-order valence-corrected chi connectivity index (χ0v) is 18.8. The number of hydrogen-bond donors (Lipinski definition) is 1. The lowest BCUT2D eigenvalue weighted by atomic mass is 10.1. The smallest absolute Gasteiger partial charge is 0.261 e. The van der Waals surface area contributed by atoms with E-state index in [1.165, 1.54) is 29.2 Å². The number of halogens is 1. The highest BCUT2D eigenvalue weighted by Crippen LogP contribution is 2.31. The van der Waals surface area contributed by atoms with Crippen molar-refractivity contribution in [3.63, 3.8) is 0 Å². The Morgan fingerprint density at radius 1 is 1.00 bits per heavy atom. The van der Waals surface area contributed by atoms with Crippen LogP contribution in [0.3, 0.4) is 0 Å². The Labute approximate surface area is 191 Å². The van der Waals surface area contributed by atoms with Crippen LogP contribution in [0, 0.1) is 0 Å². The first-order chi connectivity index (χ1) is 15.3. The van der Waals surface area contributed by atoms with Gasteiger partial charge in [-0.25, -0.2) is 8.42 Å². The van der Waals surface area contributed by atoms with E-state index >= 15 is 0 Å². The molecule has 32 heavy (non-hydrogen) atoms. The Balaban J connectivity index is 1.53. The van der Waals surface area contributed by atoms with E-state index in [-0.39, 0.29) is 22.1 Å². The molecule has 0 unspecified atom stereocenters. The first kappa shape index (κ1) is 22.0. The second kappa shape index (κ2) is 9.10. The topological polar surface area (TPSA) is 84.9 Å². The molecule has 0 bridgehead atoms. The van der Waals surface area contributed by atoms with Crippen molar-refractivity contribution in [3.05, 3.63) is 82.9 Å². The molecule has 4 rings (SSSR count). The second-order valence-corrected chi connectivity index (χ2v) is 9.36. The zero-order chi connectivity index (χ0) is 22.7. The van der Waals surface area contributed by atoms with Crippen LogP contribution in [-0.2, 0) is 16.6 Å². The summed E-state index contributed by atoms with van der Waals surface area (Å²) in [6.45, 7) is 1.30. The van der Waals surface area contributed by atoms with Crippen molar-refractivity contribution in [2.45, 2.75) is 11.4 Å². The van der Waals surface area contributed by atoms with Gasteiger partial charge >= 0.3 is 0 Å². The summed E-state index contributed by atoms with van der Waals surface area (Å²) in [6.07, 6.45) is 0. The van der Waals surface area contributed by atoms with Gasteiger partial charge in [-0.3, -0.25) is 9.52 Å². The van der Waals surface area contributed by atoms with E-state index in [1.807, 2.05) is 18.2 Å². The maximum absolute atomic E-state index is 13.1.